The van der Waals surface area contributed by atoms with Gasteiger partial charge in [0.15, 0.2) is 0 Å². The Kier molecular flexibility index (Phi) is 6.98. The summed E-state index contributed by atoms with van der Waals surface area (Å²) in [4.78, 5) is 22.5. The Hall–Kier alpha value is -3.14. The second-order valence-electron chi connectivity index (χ2n) is 7.55. The molecule has 31 heavy (non-hydrogen) atoms. The molecule has 3 aromatic rings. The molecule has 0 radical (unpaired) electrons. The zero-order chi connectivity index (χ0) is 21.5. The summed E-state index contributed by atoms with van der Waals surface area (Å²) in [6, 6.07) is 21.8. The predicted molar refractivity (Wildman–Crippen MR) is 123 cm³/mol. The van der Waals surface area contributed by atoms with Gasteiger partial charge in [-0.15, -0.1) is 11.8 Å². The molecular formula is C25H24N4OS. The van der Waals surface area contributed by atoms with E-state index in [1.165, 1.54) is 11.1 Å². The number of piperazine rings is 1. The number of aromatic nitrogens is 1. The molecule has 0 unspecified atom stereocenters. The van der Waals surface area contributed by atoms with Crippen LogP contribution in [-0.4, -0.2) is 46.9 Å². The molecule has 2 heterocycles. The van der Waals surface area contributed by atoms with Crippen molar-refractivity contribution in [2.24, 2.45) is 0 Å². The van der Waals surface area contributed by atoms with Crippen molar-refractivity contribution in [1.29, 1.82) is 5.26 Å². The first-order chi connectivity index (χ1) is 15.2. The summed E-state index contributed by atoms with van der Waals surface area (Å²) < 4.78 is 0. The number of thioether (sulfide) groups is 1. The lowest BCUT2D eigenvalue weighted by atomic mass is 10.1. The molecule has 0 spiro atoms. The summed E-state index contributed by atoms with van der Waals surface area (Å²) >= 11 is 1.74. The molecule has 1 fully saturated rings. The third-order valence-corrected chi connectivity index (χ3v) is 6.46. The third kappa shape index (κ3) is 5.72. The second-order valence-corrected chi connectivity index (χ2v) is 8.60. The number of carbonyl (C=O) groups excluding carboxylic acids is 1. The highest BCUT2D eigenvalue weighted by atomic mass is 32.2. The standard InChI is InChI=1S/C25H24N4OS/c26-16-20-3-5-21(6-4-20)18-28-12-14-29(15-13-28)25(30)23-7-9-24(10-8-23)31-19-22-2-1-11-27-17-22/h1-11,17H,12-15,18-19H2. The zero-order valence-electron chi connectivity index (χ0n) is 17.3. The lowest BCUT2D eigenvalue weighted by molar-refractivity contribution is 0.0628. The zero-order valence-corrected chi connectivity index (χ0v) is 18.1. The quantitative estimate of drug-likeness (QED) is 0.551. The Labute approximate surface area is 187 Å². The molecule has 2 aromatic carbocycles. The number of hydrogen-bond acceptors (Lipinski definition) is 5. The molecule has 1 aromatic heterocycles. The van der Waals surface area contributed by atoms with Gasteiger partial charge in [0.1, 0.15) is 0 Å². The first kappa shape index (κ1) is 21.1. The molecule has 1 amide bonds. The summed E-state index contributed by atoms with van der Waals surface area (Å²) in [7, 11) is 0. The molecule has 0 bridgehead atoms. The topological polar surface area (TPSA) is 60.2 Å². The van der Waals surface area contributed by atoms with Crippen LogP contribution in [0.25, 0.3) is 0 Å². The van der Waals surface area contributed by atoms with Crippen molar-refractivity contribution < 1.29 is 4.79 Å². The molecule has 4 rings (SSSR count). The van der Waals surface area contributed by atoms with Crippen LogP contribution in [0, 0.1) is 11.3 Å². The van der Waals surface area contributed by atoms with Crippen LogP contribution in [0.1, 0.15) is 27.0 Å². The molecule has 0 aliphatic carbocycles. The Balaban J connectivity index is 1.26. The maximum Gasteiger partial charge on any atom is 0.253 e. The van der Waals surface area contributed by atoms with Crippen LogP contribution >= 0.6 is 11.8 Å². The fraction of sp³-hybridized carbons (Fsp3) is 0.240. The summed E-state index contributed by atoms with van der Waals surface area (Å²) in [5.41, 5.74) is 3.80. The van der Waals surface area contributed by atoms with Crippen LogP contribution in [0.15, 0.2) is 78.0 Å². The van der Waals surface area contributed by atoms with Gasteiger partial charge < -0.3 is 4.90 Å². The van der Waals surface area contributed by atoms with E-state index in [2.05, 4.69) is 22.0 Å². The normalized spacial score (nSPS) is 14.2. The van der Waals surface area contributed by atoms with Gasteiger partial charge in [0, 0.05) is 61.3 Å². The van der Waals surface area contributed by atoms with E-state index in [0.29, 0.717) is 5.56 Å². The van der Waals surface area contributed by atoms with Crippen molar-refractivity contribution in [3.05, 3.63) is 95.3 Å². The second kappa shape index (κ2) is 10.3. The van der Waals surface area contributed by atoms with Gasteiger partial charge in [-0.2, -0.15) is 5.26 Å². The van der Waals surface area contributed by atoms with E-state index in [9.17, 15) is 4.79 Å². The van der Waals surface area contributed by atoms with Crippen molar-refractivity contribution in [1.82, 2.24) is 14.8 Å². The minimum atomic E-state index is 0.0989. The fourth-order valence-corrected chi connectivity index (χ4v) is 4.41. The Morgan fingerprint density at radius 2 is 1.71 bits per heavy atom. The molecule has 5 nitrogen and oxygen atoms in total. The molecule has 0 N–H and O–H groups in total. The lowest BCUT2D eigenvalue weighted by Crippen LogP contribution is -2.48. The Bertz CT molecular complexity index is 1040. The van der Waals surface area contributed by atoms with E-state index in [-0.39, 0.29) is 5.91 Å². The Morgan fingerprint density at radius 1 is 0.968 bits per heavy atom. The van der Waals surface area contributed by atoms with Gasteiger partial charge in [0.2, 0.25) is 0 Å². The van der Waals surface area contributed by atoms with Crippen LogP contribution in [0.3, 0.4) is 0 Å². The highest BCUT2D eigenvalue weighted by molar-refractivity contribution is 7.98. The minimum absolute atomic E-state index is 0.0989. The van der Waals surface area contributed by atoms with Gasteiger partial charge in [0.25, 0.3) is 5.91 Å². The molecule has 1 aliphatic rings. The average molecular weight is 429 g/mol. The maximum atomic E-state index is 12.9. The molecule has 0 atom stereocenters. The summed E-state index contributed by atoms with van der Waals surface area (Å²) in [5.74, 6) is 0.962. The van der Waals surface area contributed by atoms with Gasteiger partial charge in [-0.3, -0.25) is 14.7 Å². The number of amides is 1. The van der Waals surface area contributed by atoms with Gasteiger partial charge in [-0.05, 0) is 53.6 Å². The van der Waals surface area contributed by atoms with E-state index < -0.39 is 0 Å². The number of pyridine rings is 1. The van der Waals surface area contributed by atoms with E-state index in [4.69, 9.17) is 5.26 Å². The Morgan fingerprint density at radius 3 is 2.35 bits per heavy atom. The van der Waals surface area contributed by atoms with Gasteiger partial charge in [-0.25, -0.2) is 0 Å². The van der Waals surface area contributed by atoms with Crippen LogP contribution in [0.5, 0.6) is 0 Å². The van der Waals surface area contributed by atoms with Crippen LogP contribution in [0.2, 0.25) is 0 Å². The van der Waals surface area contributed by atoms with Crippen LogP contribution in [-0.2, 0) is 12.3 Å². The van der Waals surface area contributed by atoms with Crippen molar-refractivity contribution in [2.45, 2.75) is 17.2 Å². The predicted octanol–water partition coefficient (Wildman–Crippen LogP) is 4.20. The molecule has 1 saturated heterocycles. The van der Waals surface area contributed by atoms with Crippen molar-refractivity contribution in [2.75, 3.05) is 26.2 Å². The number of nitrogens with zero attached hydrogens (tertiary/aromatic N) is 4. The maximum absolute atomic E-state index is 12.9. The summed E-state index contributed by atoms with van der Waals surface area (Å²) in [5, 5.41) is 8.91. The molecule has 6 heteroatoms. The van der Waals surface area contributed by atoms with Crippen LogP contribution in [0.4, 0.5) is 0 Å². The first-order valence-electron chi connectivity index (χ1n) is 10.3. The van der Waals surface area contributed by atoms with E-state index in [1.807, 2.05) is 65.7 Å². The summed E-state index contributed by atoms with van der Waals surface area (Å²) in [6.07, 6.45) is 3.66. The molecular weight excluding hydrogens is 404 g/mol. The number of nitriles is 1. The number of benzene rings is 2. The lowest BCUT2D eigenvalue weighted by Gasteiger charge is -2.34. The van der Waals surface area contributed by atoms with Gasteiger partial charge in [0.05, 0.1) is 11.6 Å². The minimum Gasteiger partial charge on any atom is -0.336 e. The van der Waals surface area contributed by atoms with Crippen molar-refractivity contribution >= 4 is 17.7 Å². The largest absolute Gasteiger partial charge is 0.336 e. The highest BCUT2D eigenvalue weighted by Crippen LogP contribution is 2.23. The smallest absolute Gasteiger partial charge is 0.253 e. The van der Waals surface area contributed by atoms with Crippen LogP contribution < -0.4 is 0 Å². The fourth-order valence-electron chi connectivity index (χ4n) is 3.58. The van der Waals surface area contributed by atoms with Gasteiger partial charge >= 0.3 is 0 Å². The van der Waals surface area contributed by atoms with E-state index in [1.54, 1.807) is 18.0 Å². The average Bonchev–Trinajstić information content (AvgIpc) is 2.84. The molecule has 156 valence electrons. The third-order valence-electron chi connectivity index (χ3n) is 5.38. The van der Waals surface area contributed by atoms with Crippen molar-refractivity contribution in [3.8, 4) is 6.07 Å². The van der Waals surface area contributed by atoms with E-state index in [0.717, 1.165) is 48.9 Å². The summed E-state index contributed by atoms with van der Waals surface area (Å²) in [6.45, 7) is 4.01. The van der Waals surface area contributed by atoms with Gasteiger partial charge in [-0.1, -0.05) is 18.2 Å². The highest BCUT2D eigenvalue weighted by Gasteiger charge is 2.22. The van der Waals surface area contributed by atoms with Crippen molar-refractivity contribution in [3.63, 3.8) is 0 Å². The molecule has 0 saturated carbocycles. The molecule has 1 aliphatic heterocycles. The SMILES string of the molecule is N#Cc1ccc(CN2CCN(C(=O)c3ccc(SCc4cccnc4)cc3)CC2)cc1. The first-order valence-corrected chi connectivity index (χ1v) is 11.3. The number of carbonyl (C=O) groups is 1. The number of hydrogen-bond donors (Lipinski definition) is 0. The van der Waals surface area contributed by atoms with E-state index >= 15 is 0 Å². The monoisotopic (exact) mass is 428 g/mol. The number of rotatable bonds is 6.